The third kappa shape index (κ3) is 2.13. The summed E-state index contributed by atoms with van der Waals surface area (Å²) in [6.45, 7) is 1.80. The Labute approximate surface area is 73.0 Å². The van der Waals surface area contributed by atoms with Gasteiger partial charge in [-0.05, 0) is 26.2 Å². The first-order valence-corrected chi connectivity index (χ1v) is 4.20. The van der Waals surface area contributed by atoms with Crippen LogP contribution in [0.2, 0.25) is 0 Å². The minimum absolute atomic E-state index is 0.00190. The van der Waals surface area contributed by atoms with Gasteiger partial charge in [-0.15, -0.1) is 6.42 Å². The van der Waals surface area contributed by atoms with Crippen molar-refractivity contribution in [1.29, 1.82) is 0 Å². The van der Waals surface area contributed by atoms with Gasteiger partial charge in [0.25, 0.3) is 0 Å². The minimum Gasteiger partial charge on any atom is -0.339 e. The number of carbonyl (C=O) groups excluding carboxylic acids is 1. The Bertz CT molecular complexity index is 247. The van der Waals surface area contributed by atoms with Gasteiger partial charge in [-0.1, -0.05) is 12.0 Å². The maximum Gasteiger partial charge on any atom is 0.247 e. The number of hydrogen-bond donors (Lipinski definition) is 1. The van der Waals surface area contributed by atoms with Gasteiger partial charge in [-0.3, -0.25) is 4.79 Å². The van der Waals surface area contributed by atoms with Gasteiger partial charge in [0.05, 0.1) is 6.04 Å². The van der Waals surface area contributed by atoms with E-state index >= 15 is 0 Å². The Hall–Kier alpha value is -1.23. The molecule has 1 aliphatic carbocycles. The van der Waals surface area contributed by atoms with Crippen LogP contribution in [-0.2, 0) is 4.79 Å². The first-order valence-electron chi connectivity index (χ1n) is 4.20. The standard InChI is InChI=1S/C10H13NO/c1-3-8(2)11-10(12)9-6-4-5-7-9/h1,6,8H,4-5,7H2,2H3,(H,11,12). The van der Waals surface area contributed by atoms with Crippen LogP contribution in [0.1, 0.15) is 26.2 Å². The van der Waals surface area contributed by atoms with Crippen molar-refractivity contribution in [2.24, 2.45) is 0 Å². The first kappa shape index (κ1) is 8.86. The summed E-state index contributed by atoms with van der Waals surface area (Å²) in [7, 11) is 0. The molecule has 0 spiro atoms. The highest BCUT2D eigenvalue weighted by atomic mass is 16.1. The van der Waals surface area contributed by atoms with E-state index in [0.29, 0.717) is 0 Å². The predicted molar refractivity (Wildman–Crippen MR) is 48.4 cm³/mol. The summed E-state index contributed by atoms with van der Waals surface area (Å²) < 4.78 is 0. The molecule has 0 saturated carbocycles. The molecule has 0 aliphatic heterocycles. The van der Waals surface area contributed by atoms with Crippen LogP contribution >= 0.6 is 0 Å². The maximum atomic E-state index is 11.3. The average Bonchev–Trinajstić information content (AvgIpc) is 2.56. The van der Waals surface area contributed by atoms with Crippen molar-refractivity contribution in [3.63, 3.8) is 0 Å². The van der Waals surface area contributed by atoms with E-state index in [2.05, 4.69) is 11.2 Å². The van der Waals surface area contributed by atoms with Crippen LogP contribution in [0.25, 0.3) is 0 Å². The molecule has 0 bridgehead atoms. The smallest absolute Gasteiger partial charge is 0.247 e. The van der Waals surface area contributed by atoms with Crippen LogP contribution in [0.4, 0.5) is 0 Å². The molecule has 12 heavy (non-hydrogen) atoms. The third-order valence-electron chi connectivity index (χ3n) is 1.93. The number of hydrogen-bond acceptors (Lipinski definition) is 1. The van der Waals surface area contributed by atoms with Crippen LogP contribution in [0.5, 0.6) is 0 Å². The van der Waals surface area contributed by atoms with Crippen molar-refractivity contribution in [2.45, 2.75) is 32.2 Å². The summed E-state index contributed by atoms with van der Waals surface area (Å²) in [5.41, 5.74) is 0.886. The Morgan fingerprint density at radius 2 is 2.58 bits per heavy atom. The van der Waals surface area contributed by atoms with Crippen LogP contribution in [-0.4, -0.2) is 11.9 Å². The van der Waals surface area contributed by atoms with Crippen molar-refractivity contribution in [1.82, 2.24) is 5.32 Å². The summed E-state index contributed by atoms with van der Waals surface area (Å²) in [5.74, 6) is 2.46. The van der Waals surface area contributed by atoms with Crippen molar-refractivity contribution in [3.05, 3.63) is 11.6 Å². The highest BCUT2D eigenvalue weighted by molar-refractivity contribution is 5.94. The fourth-order valence-corrected chi connectivity index (χ4v) is 1.21. The van der Waals surface area contributed by atoms with Crippen LogP contribution in [0.15, 0.2) is 11.6 Å². The SMILES string of the molecule is C#CC(C)NC(=O)C1=CCCC1. The van der Waals surface area contributed by atoms with Crippen LogP contribution < -0.4 is 5.32 Å². The minimum atomic E-state index is -0.168. The summed E-state index contributed by atoms with van der Waals surface area (Å²) in [6, 6.07) is -0.168. The van der Waals surface area contributed by atoms with E-state index in [9.17, 15) is 4.79 Å². The molecule has 2 heteroatoms. The van der Waals surface area contributed by atoms with Crippen LogP contribution in [0, 0.1) is 12.3 Å². The number of amides is 1. The fourth-order valence-electron chi connectivity index (χ4n) is 1.21. The maximum absolute atomic E-state index is 11.3. The van der Waals surface area contributed by atoms with E-state index in [1.807, 2.05) is 6.08 Å². The highest BCUT2D eigenvalue weighted by Gasteiger charge is 2.13. The molecule has 0 saturated heterocycles. The molecule has 1 N–H and O–H groups in total. The highest BCUT2D eigenvalue weighted by Crippen LogP contribution is 2.17. The van der Waals surface area contributed by atoms with E-state index in [1.165, 1.54) is 0 Å². The van der Waals surface area contributed by atoms with Gasteiger partial charge >= 0.3 is 0 Å². The summed E-state index contributed by atoms with van der Waals surface area (Å²) >= 11 is 0. The van der Waals surface area contributed by atoms with E-state index in [-0.39, 0.29) is 11.9 Å². The molecule has 0 aromatic carbocycles. The second-order valence-electron chi connectivity index (χ2n) is 2.98. The normalized spacial score (nSPS) is 17.8. The lowest BCUT2D eigenvalue weighted by Gasteiger charge is -2.07. The Kier molecular flexibility index (Phi) is 2.93. The second-order valence-corrected chi connectivity index (χ2v) is 2.98. The molecule has 1 unspecified atom stereocenters. The number of nitrogens with one attached hydrogen (secondary N) is 1. The molecule has 64 valence electrons. The van der Waals surface area contributed by atoms with Gasteiger partial charge in [-0.25, -0.2) is 0 Å². The fraction of sp³-hybridized carbons (Fsp3) is 0.500. The molecular formula is C10H13NO. The summed E-state index contributed by atoms with van der Waals surface area (Å²) in [5, 5.41) is 2.73. The monoisotopic (exact) mass is 163 g/mol. The number of allylic oxidation sites excluding steroid dienone is 1. The zero-order chi connectivity index (χ0) is 8.97. The Morgan fingerprint density at radius 3 is 3.08 bits per heavy atom. The van der Waals surface area contributed by atoms with Gasteiger partial charge in [-0.2, -0.15) is 0 Å². The largest absolute Gasteiger partial charge is 0.339 e. The zero-order valence-electron chi connectivity index (χ0n) is 7.26. The molecule has 0 aromatic heterocycles. The number of carbonyl (C=O) groups is 1. The van der Waals surface area contributed by atoms with E-state index < -0.39 is 0 Å². The topological polar surface area (TPSA) is 29.1 Å². The Morgan fingerprint density at radius 1 is 1.83 bits per heavy atom. The van der Waals surface area contributed by atoms with Gasteiger partial charge in [0, 0.05) is 5.57 Å². The van der Waals surface area contributed by atoms with Crippen molar-refractivity contribution in [2.75, 3.05) is 0 Å². The zero-order valence-corrected chi connectivity index (χ0v) is 7.26. The molecule has 0 fully saturated rings. The quantitative estimate of drug-likeness (QED) is 0.609. The van der Waals surface area contributed by atoms with Gasteiger partial charge < -0.3 is 5.32 Å². The predicted octanol–water partition coefficient (Wildman–Crippen LogP) is 1.23. The molecule has 0 aromatic rings. The average molecular weight is 163 g/mol. The number of rotatable bonds is 2. The van der Waals surface area contributed by atoms with Crippen LogP contribution in [0.3, 0.4) is 0 Å². The first-order chi connectivity index (χ1) is 5.74. The second kappa shape index (κ2) is 3.96. The lowest BCUT2D eigenvalue weighted by Crippen LogP contribution is -2.32. The molecule has 1 aliphatic rings. The van der Waals surface area contributed by atoms with Gasteiger partial charge in [0.2, 0.25) is 5.91 Å². The molecule has 1 rings (SSSR count). The summed E-state index contributed by atoms with van der Waals surface area (Å²) in [4.78, 5) is 11.3. The Balaban J connectivity index is 2.44. The molecule has 2 nitrogen and oxygen atoms in total. The van der Waals surface area contributed by atoms with Crippen molar-refractivity contribution in [3.8, 4) is 12.3 Å². The van der Waals surface area contributed by atoms with E-state index in [0.717, 1.165) is 24.8 Å². The van der Waals surface area contributed by atoms with Crippen molar-refractivity contribution >= 4 is 5.91 Å². The molecule has 0 radical (unpaired) electrons. The van der Waals surface area contributed by atoms with Crippen molar-refractivity contribution < 1.29 is 4.79 Å². The molecule has 1 amide bonds. The van der Waals surface area contributed by atoms with E-state index in [1.54, 1.807) is 6.92 Å². The molecule has 0 heterocycles. The lowest BCUT2D eigenvalue weighted by atomic mass is 10.2. The van der Waals surface area contributed by atoms with Gasteiger partial charge in [0.1, 0.15) is 0 Å². The third-order valence-corrected chi connectivity index (χ3v) is 1.93. The molecular weight excluding hydrogens is 150 g/mol. The van der Waals surface area contributed by atoms with Gasteiger partial charge in [0.15, 0.2) is 0 Å². The number of terminal acetylenes is 1. The van der Waals surface area contributed by atoms with E-state index in [4.69, 9.17) is 6.42 Å². The lowest BCUT2D eigenvalue weighted by molar-refractivity contribution is -0.117. The molecule has 1 atom stereocenters. The summed E-state index contributed by atoms with van der Waals surface area (Å²) in [6.07, 6.45) is 10.1.